The van der Waals surface area contributed by atoms with E-state index in [0.29, 0.717) is 29.2 Å². The van der Waals surface area contributed by atoms with Crippen molar-refractivity contribution in [3.63, 3.8) is 0 Å². The molecule has 19 heavy (non-hydrogen) atoms. The van der Waals surface area contributed by atoms with E-state index < -0.39 is 0 Å². The zero-order chi connectivity index (χ0) is 14.0. The van der Waals surface area contributed by atoms with E-state index in [4.69, 9.17) is 11.6 Å². The molecule has 1 aliphatic carbocycles. The summed E-state index contributed by atoms with van der Waals surface area (Å²) in [7, 11) is 0. The smallest absolute Gasteiger partial charge is 0.156 e. The van der Waals surface area contributed by atoms with Crippen LogP contribution in [0.3, 0.4) is 0 Å². The highest BCUT2D eigenvalue weighted by Crippen LogP contribution is 2.34. The Morgan fingerprint density at radius 1 is 1.42 bits per heavy atom. The Bertz CT molecular complexity index is 472. The van der Waals surface area contributed by atoms with Gasteiger partial charge in [-0.3, -0.25) is 4.79 Å². The van der Waals surface area contributed by atoms with E-state index in [-0.39, 0.29) is 5.15 Å². The number of aromatic nitrogens is 2. The largest absolute Gasteiger partial charge is 0.353 e. The van der Waals surface area contributed by atoms with Gasteiger partial charge in [-0.1, -0.05) is 25.4 Å². The predicted molar refractivity (Wildman–Crippen MR) is 77.0 cm³/mol. The molecule has 1 saturated carbocycles. The number of rotatable bonds is 6. The molecule has 0 spiro atoms. The first-order valence-electron chi connectivity index (χ1n) is 6.79. The maximum Gasteiger partial charge on any atom is 0.156 e. The molecular weight excluding hydrogens is 262 g/mol. The average molecular weight is 282 g/mol. The minimum Gasteiger partial charge on any atom is -0.353 e. The zero-order valence-corrected chi connectivity index (χ0v) is 12.4. The standard InChI is InChI=1S/C14H20ClN3O/c1-9(2)6-7-18(11-4-5-11)14-12(8-19)13(15)16-10(3)17-14/h8-9,11H,4-7H2,1-3H3. The summed E-state index contributed by atoms with van der Waals surface area (Å²) in [6.45, 7) is 7.11. The van der Waals surface area contributed by atoms with Crippen molar-refractivity contribution in [1.29, 1.82) is 0 Å². The second-order valence-electron chi connectivity index (χ2n) is 5.52. The topological polar surface area (TPSA) is 46.1 Å². The van der Waals surface area contributed by atoms with Crippen molar-refractivity contribution in [2.24, 2.45) is 5.92 Å². The van der Waals surface area contributed by atoms with Crippen LogP contribution in [0, 0.1) is 12.8 Å². The molecule has 0 aliphatic heterocycles. The summed E-state index contributed by atoms with van der Waals surface area (Å²) in [6, 6.07) is 0.503. The Morgan fingerprint density at radius 3 is 2.63 bits per heavy atom. The number of carbonyl (C=O) groups excluding carboxylic acids is 1. The molecule has 0 N–H and O–H groups in total. The van der Waals surface area contributed by atoms with Gasteiger partial charge in [-0.25, -0.2) is 9.97 Å². The van der Waals surface area contributed by atoms with Crippen LogP contribution < -0.4 is 4.90 Å². The fraction of sp³-hybridized carbons (Fsp3) is 0.643. The van der Waals surface area contributed by atoms with Gasteiger partial charge in [-0.05, 0) is 32.1 Å². The van der Waals surface area contributed by atoms with Gasteiger partial charge in [0.25, 0.3) is 0 Å². The first kappa shape index (κ1) is 14.3. The van der Waals surface area contributed by atoms with Crippen LogP contribution in [-0.4, -0.2) is 28.8 Å². The molecular formula is C14H20ClN3O. The summed E-state index contributed by atoms with van der Waals surface area (Å²) in [5, 5.41) is 0.257. The Labute approximate surface area is 119 Å². The third-order valence-corrected chi connectivity index (χ3v) is 3.60. The van der Waals surface area contributed by atoms with Gasteiger partial charge in [0, 0.05) is 12.6 Å². The average Bonchev–Trinajstić information content (AvgIpc) is 3.12. The van der Waals surface area contributed by atoms with Crippen LogP contribution in [0.1, 0.15) is 49.3 Å². The summed E-state index contributed by atoms with van der Waals surface area (Å²) >= 11 is 6.06. The fourth-order valence-electron chi connectivity index (χ4n) is 2.10. The lowest BCUT2D eigenvalue weighted by Crippen LogP contribution is -2.30. The molecule has 0 atom stereocenters. The molecule has 1 aliphatic rings. The third-order valence-electron chi connectivity index (χ3n) is 3.32. The van der Waals surface area contributed by atoms with E-state index in [9.17, 15) is 4.79 Å². The van der Waals surface area contributed by atoms with Gasteiger partial charge in [0.2, 0.25) is 0 Å². The van der Waals surface area contributed by atoms with Gasteiger partial charge >= 0.3 is 0 Å². The molecule has 0 saturated heterocycles. The Kier molecular flexibility index (Phi) is 4.40. The number of anilines is 1. The quantitative estimate of drug-likeness (QED) is 0.593. The van der Waals surface area contributed by atoms with Gasteiger partial charge < -0.3 is 4.90 Å². The molecule has 2 rings (SSSR count). The summed E-state index contributed by atoms with van der Waals surface area (Å²) in [5.74, 6) is 1.94. The van der Waals surface area contributed by atoms with Crippen LogP contribution in [0.25, 0.3) is 0 Å². The third kappa shape index (κ3) is 3.44. The number of nitrogens with zero attached hydrogens (tertiary/aromatic N) is 3. The SMILES string of the molecule is Cc1nc(Cl)c(C=O)c(N(CCC(C)C)C2CC2)n1. The number of aryl methyl sites for hydroxylation is 1. The fourth-order valence-corrected chi connectivity index (χ4v) is 2.35. The van der Waals surface area contributed by atoms with E-state index in [0.717, 1.165) is 32.1 Å². The lowest BCUT2D eigenvalue weighted by molar-refractivity contribution is 0.112. The monoisotopic (exact) mass is 281 g/mol. The van der Waals surface area contributed by atoms with Crippen molar-refractivity contribution < 1.29 is 4.79 Å². The van der Waals surface area contributed by atoms with Crippen molar-refractivity contribution >= 4 is 23.7 Å². The van der Waals surface area contributed by atoms with Gasteiger partial charge in [0.1, 0.15) is 16.8 Å². The zero-order valence-electron chi connectivity index (χ0n) is 11.7. The highest BCUT2D eigenvalue weighted by molar-refractivity contribution is 6.32. The molecule has 1 fully saturated rings. The second-order valence-corrected chi connectivity index (χ2v) is 5.88. The maximum atomic E-state index is 11.3. The van der Waals surface area contributed by atoms with Gasteiger partial charge in [-0.2, -0.15) is 0 Å². The number of halogens is 1. The number of aldehydes is 1. The van der Waals surface area contributed by atoms with Crippen molar-refractivity contribution in [3.8, 4) is 0 Å². The first-order valence-corrected chi connectivity index (χ1v) is 7.16. The summed E-state index contributed by atoms with van der Waals surface area (Å²) < 4.78 is 0. The normalized spacial score (nSPS) is 14.8. The van der Waals surface area contributed by atoms with E-state index in [1.54, 1.807) is 6.92 Å². The van der Waals surface area contributed by atoms with E-state index in [2.05, 4.69) is 28.7 Å². The van der Waals surface area contributed by atoms with Gasteiger partial charge in [-0.15, -0.1) is 0 Å². The minimum atomic E-state index is 0.257. The van der Waals surface area contributed by atoms with Gasteiger partial charge in [0.15, 0.2) is 6.29 Å². The molecule has 0 bridgehead atoms. The molecule has 1 aromatic heterocycles. The van der Waals surface area contributed by atoms with Crippen molar-refractivity contribution in [3.05, 3.63) is 16.5 Å². The Balaban J connectivity index is 2.32. The van der Waals surface area contributed by atoms with Crippen LogP contribution in [0.2, 0.25) is 5.15 Å². The molecule has 104 valence electrons. The highest BCUT2D eigenvalue weighted by atomic mass is 35.5. The predicted octanol–water partition coefficient (Wildman–Crippen LogP) is 3.27. The van der Waals surface area contributed by atoms with Gasteiger partial charge in [0.05, 0.1) is 5.56 Å². The molecule has 0 radical (unpaired) electrons. The van der Waals surface area contributed by atoms with Crippen molar-refractivity contribution in [1.82, 2.24) is 9.97 Å². The lowest BCUT2D eigenvalue weighted by atomic mass is 10.1. The first-order chi connectivity index (χ1) is 9.02. The number of carbonyl (C=O) groups is 1. The van der Waals surface area contributed by atoms with Crippen molar-refractivity contribution in [2.45, 2.75) is 46.1 Å². The van der Waals surface area contributed by atoms with Crippen LogP contribution in [0.15, 0.2) is 0 Å². The molecule has 0 aromatic carbocycles. The van der Waals surface area contributed by atoms with E-state index in [1.165, 1.54) is 0 Å². The van der Waals surface area contributed by atoms with Crippen LogP contribution in [-0.2, 0) is 0 Å². The van der Waals surface area contributed by atoms with E-state index in [1.807, 2.05) is 0 Å². The Morgan fingerprint density at radius 2 is 2.11 bits per heavy atom. The summed E-state index contributed by atoms with van der Waals surface area (Å²) in [5.41, 5.74) is 0.419. The summed E-state index contributed by atoms with van der Waals surface area (Å²) in [6.07, 6.45) is 4.17. The molecule has 1 heterocycles. The second kappa shape index (κ2) is 5.87. The summed E-state index contributed by atoms with van der Waals surface area (Å²) in [4.78, 5) is 22.0. The van der Waals surface area contributed by atoms with Crippen LogP contribution in [0.5, 0.6) is 0 Å². The highest BCUT2D eigenvalue weighted by Gasteiger charge is 2.32. The molecule has 5 heteroatoms. The number of hydrogen-bond acceptors (Lipinski definition) is 4. The molecule has 1 aromatic rings. The molecule has 0 amide bonds. The lowest BCUT2D eigenvalue weighted by Gasteiger charge is -2.26. The van der Waals surface area contributed by atoms with Crippen molar-refractivity contribution in [2.75, 3.05) is 11.4 Å². The van der Waals surface area contributed by atoms with E-state index >= 15 is 0 Å². The minimum absolute atomic E-state index is 0.257. The molecule has 0 unspecified atom stereocenters. The van der Waals surface area contributed by atoms with Crippen LogP contribution in [0.4, 0.5) is 5.82 Å². The van der Waals surface area contributed by atoms with Crippen LogP contribution >= 0.6 is 11.6 Å². The Hall–Kier alpha value is -1.16. The maximum absolute atomic E-state index is 11.3. The molecule has 4 nitrogen and oxygen atoms in total. The number of hydrogen-bond donors (Lipinski definition) is 0.